The molecule has 0 aromatic rings. The van der Waals surface area contributed by atoms with Crippen LogP contribution in [0.1, 0.15) is 51.9 Å². The van der Waals surface area contributed by atoms with Crippen molar-refractivity contribution in [2.24, 2.45) is 10.9 Å². The molecule has 1 saturated carbocycles. The third-order valence-electron chi connectivity index (χ3n) is 5.08. The fourth-order valence-electron chi connectivity index (χ4n) is 3.34. The molecule has 2 N–H and O–H groups in total. The molecule has 2 aliphatic rings. The van der Waals surface area contributed by atoms with E-state index in [1.54, 1.807) is 19.0 Å². The van der Waals surface area contributed by atoms with Crippen LogP contribution in [-0.2, 0) is 9.53 Å². The Morgan fingerprint density at radius 2 is 1.96 bits per heavy atom. The van der Waals surface area contributed by atoms with E-state index in [4.69, 9.17) is 4.74 Å². The van der Waals surface area contributed by atoms with Crippen molar-refractivity contribution in [1.29, 1.82) is 0 Å². The number of hydrogen-bond donors (Lipinski definition) is 2. The lowest BCUT2D eigenvalue weighted by atomic mass is 9.89. The zero-order valence-electron chi connectivity index (χ0n) is 15.6. The molecule has 24 heavy (non-hydrogen) atoms. The molecule has 1 aliphatic carbocycles. The molecule has 0 spiro atoms. The van der Waals surface area contributed by atoms with Gasteiger partial charge in [0.05, 0.1) is 5.60 Å². The van der Waals surface area contributed by atoms with Crippen molar-refractivity contribution in [2.75, 3.05) is 40.3 Å². The van der Waals surface area contributed by atoms with E-state index in [-0.39, 0.29) is 18.1 Å². The highest BCUT2D eigenvalue weighted by molar-refractivity contribution is 5.84. The molecule has 1 aliphatic heterocycles. The zero-order chi connectivity index (χ0) is 17.4. The molecule has 6 heteroatoms. The van der Waals surface area contributed by atoms with Gasteiger partial charge in [-0.2, -0.15) is 0 Å². The first kappa shape index (κ1) is 19.0. The molecule has 1 amide bonds. The average Bonchev–Trinajstić information content (AvgIpc) is 3.01. The topological polar surface area (TPSA) is 66.0 Å². The molecule has 1 saturated heterocycles. The van der Waals surface area contributed by atoms with Crippen LogP contribution in [0.25, 0.3) is 0 Å². The van der Waals surface area contributed by atoms with Crippen LogP contribution >= 0.6 is 0 Å². The lowest BCUT2D eigenvalue weighted by Gasteiger charge is -2.26. The molecule has 2 fully saturated rings. The van der Waals surface area contributed by atoms with Crippen LogP contribution in [0, 0.1) is 5.92 Å². The zero-order valence-corrected chi connectivity index (χ0v) is 15.6. The van der Waals surface area contributed by atoms with Crippen LogP contribution in [-0.4, -0.2) is 62.7 Å². The maximum atomic E-state index is 11.8. The van der Waals surface area contributed by atoms with E-state index in [1.807, 2.05) is 0 Å². The van der Waals surface area contributed by atoms with Crippen LogP contribution in [0.3, 0.4) is 0 Å². The Bertz CT molecular complexity index is 425. The predicted octanol–water partition coefficient (Wildman–Crippen LogP) is 1.76. The lowest BCUT2D eigenvalue weighted by Crippen LogP contribution is -2.47. The maximum Gasteiger partial charge on any atom is 0.243 e. The van der Waals surface area contributed by atoms with E-state index < -0.39 is 0 Å². The quantitative estimate of drug-likeness (QED) is 0.572. The van der Waals surface area contributed by atoms with Crippen LogP contribution in [0.2, 0.25) is 0 Å². The number of rotatable bonds is 6. The van der Waals surface area contributed by atoms with Crippen molar-refractivity contribution in [3.8, 4) is 0 Å². The summed E-state index contributed by atoms with van der Waals surface area (Å²) in [6, 6.07) is 0. The van der Waals surface area contributed by atoms with Gasteiger partial charge in [0.1, 0.15) is 6.54 Å². The van der Waals surface area contributed by atoms with Crippen molar-refractivity contribution in [3.63, 3.8) is 0 Å². The minimum Gasteiger partial charge on any atom is -0.373 e. The second-order valence-electron chi connectivity index (χ2n) is 7.59. The molecule has 0 aromatic carbocycles. The average molecular weight is 338 g/mol. The van der Waals surface area contributed by atoms with E-state index >= 15 is 0 Å². The Labute approximate surface area is 146 Å². The SMILES string of the molecule is CN(C)C(=O)CN=C(NCC1CCCCC1)NCC1(C)CCCO1. The molecule has 0 bridgehead atoms. The highest BCUT2D eigenvalue weighted by Crippen LogP contribution is 2.24. The van der Waals surface area contributed by atoms with Gasteiger partial charge in [-0.1, -0.05) is 19.3 Å². The number of carbonyl (C=O) groups excluding carboxylic acids is 1. The number of hydrogen-bond acceptors (Lipinski definition) is 3. The summed E-state index contributed by atoms with van der Waals surface area (Å²) in [4.78, 5) is 17.9. The number of carbonyl (C=O) groups is 1. The fourth-order valence-corrected chi connectivity index (χ4v) is 3.34. The number of nitrogens with zero attached hydrogens (tertiary/aromatic N) is 2. The smallest absolute Gasteiger partial charge is 0.243 e. The molecule has 138 valence electrons. The molecule has 0 aromatic heterocycles. The van der Waals surface area contributed by atoms with Crippen molar-refractivity contribution < 1.29 is 9.53 Å². The fraction of sp³-hybridized carbons (Fsp3) is 0.889. The third-order valence-corrected chi connectivity index (χ3v) is 5.08. The molecule has 1 unspecified atom stereocenters. The second kappa shape index (κ2) is 9.25. The van der Waals surface area contributed by atoms with Gasteiger partial charge in [0.2, 0.25) is 5.91 Å². The van der Waals surface area contributed by atoms with Crippen LogP contribution in [0.5, 0.6) is 0 Å². The van der Waals surface area contributed by atoms with Crippen LogP contribution in [0.4, 0.5) is 0 Å². The molecule has 2 rings (SSSR count). The van der Waals surface area contributed by atoms with Gasteiger partial charge < -0.3 is 20.3 Å². The number of guanidine groups is 1. The summed E-state index contributed by atoms with van der Waals surface area (Å²) in [5.74, 6) is 1.46. The monoisotopic (exact) mass is 338 g/mol. The number of aliphatic imine (C=N–C) groups is 1. The van der Waals surface area contributed by atoms with E-state index in [0.717, 1.165) is 38.5 Å². The Balaban J connectivity index is 1.86. The normalized spacial score (nSPS) is 25.5. The third kappa shape index (κ3) is 6.30. The van der Waals surface area contributed by atoms with Gasteiger partial charge in [0.15, 0.2) is 5.96 Å². The standard InChI is InChI=1S/C18H34N4O2/c1-18(10-7-11-24-18)14-21-17(20-13-16(23)22(2)3)19-12-15-8-5-4-6-9-15/h15H,4-14H2,1-3H3,(H2,19,20,21). The Morgan fingerprint density at radius 1 is 1.21 bits per heavy atom. The first-order valence-electron chi connectivity index (χ1n) is 9.35. The van der Waals surface area contributed by atoms with Gasteiger partial charge in [0, 0.05) is 33.8 Å². The van der Waals surface area contributed by atoms with E-state index in [9.17, 15) is 4.79 Å². The summed E-state index contributed by atoms with van der Waals surface area (Å²) < 4.78 is 5.83. The van der Waals surface area contributed by atoms with Crippen molar-refractivity contribution in [3.05, 3.63) is 0 Å². The number of nitrogens with one attached hydrogen (secondary N) is 2. The van der Waals surface area contributed by atoms with E-state index in [2.05, 4.69) is 22.5 Å². The predicted molar refractivity (Wildman–Crippen MR) is 97.2 cm³/mol. The highest BCUT2D eigenvalue weighted by Gasteiger charge is 2.29. The summed E-state index contributed by atoms with van der Waals surface area (Å²) in [7, 11) is 3.52. The van der Waals surface area contributed by atoms with Gasteiger partial charge in [-0.25, -0.2) is 4.99 Å². The maximum absolute atomic E-state index is 11.8. The summed E-state index contributed by atoms with van der Waals surface area (Å²) in [5.41, 5.74) is -0.126. The van der Waals surface area contributed by atoms with Crippen molar-refractivity contribution in [1.82, 2.24) is 15.5 Å². The minimum absolute atomic E-state index is 0.0112. The van der Waals surface area contributed by atoms with Crippen molar-refractivity contribution >= 4 is 11.9 Å². The lowest BCUT2D eigenvalue weighted by molar-refractivity contribution is -0.127. The molecular formula is C18H34N4O2. The number of ether oxygens (including phenoxy) is 1. The first-order chi connectivity index (χ1) is 11.5. The molecule has 1 atom stereocenters. The minimum atomic E-state index is -0.126. The second-order valence-corrected chi connectivity index (χ2v) is 7.59. The van der Waals surface area contributed by atoms with Gasteiger partial charge in [-0.3, -0.25) is 4.79 Å². The summed E-state index contributed by atoms with van der Waals surface area (Å²) >= 11 is 0. The Kier molecular flexibility index (Phi) is 7.34. The first-order valence-corrected chi connectivity index (χ1v) is 9.35. The molecule has 0 radical (unpaired) electrons. The number of amides is 1. The van der Waals surface area contributed by atoms with Gasteiger partial charge in [-0.15, -0.1) is 0 Å². The summed E-state index contributed by atoms with van der Waals surface area (Å²) in [6.07, 6.45) is 8.78. The molecular weight excluding hydrogens is 304 g/mol. The largest absolute Gasteiger partial charge is 0.373 e. The summed E-state index contributed by atoms with van der Waals surface area (Å²) in [6.45, 7) is 4.79. The van der Waals surface area contributed by atoms with Gasteiger partial charge in [0.25, 0.3) is 0 Å². The van der Waals surface area contributed by atoms with E-state index in [1.165, 1.54) is 32.1 Å². The Hall–Kier alpha value is -1.30. The highest BCUT2D eigenvalue weighted by atomic mass is 16.5. The Morgan fingerprint density at radius 3 is 2.58 bits per heavy atom. The summed E-state index contributed by atoms with van der Waals surface area (Å²) in [5, 5.41) is 6.82. The van der Waals surface area contributed by atoms with Crippen LogP contribution < -0.4 is 10.6 Å². The van der Waals surface area contributed by atoms with Crippen molar-refractivity contribution in [2.45, 2.75) is 57.5 Å². The van der Waals surface area contributed by atoms with Gasteiger partial charge >= 0.3 is 0 Å². The van der Waals surface area contributed by atoms with Gasteiger partial charge in [-0.05, 0) is 38.5 Å². The van der Waals surface area contributed by atoms with E-state index in [0.29, 0.717) is 5.92 Å². The molecule has 1 heterocycles. The number of likely N-dealkylation sites (N-methyl/N-ethyl adjacent to an activating group) is 1. The molecule has 6 nitrogen and oxygen atoms in total. The van der Waals surface area contributed by atoms with Crippen LogP contribution in [0.15, 0.2) is 4.99 Å².